The first-order chi connectivity index (χ1) is 12.6. The van der Waals surface area contributed by atoms with E-state index in [-0.39, 0.29) is 18.1 Å². The predicted octanol–water partition coefficient (Wildman–Crippen LogP) is 1.69. The molecule has 1 aromatic rings. The van der Waals surface area contributed by atoms with Crippen LogP contribution in [0.5, 0.6) is 5.75 Å². The molecule has 0 saturated carbocycles. The van der Waals surface area contributed by atoms with E-state index in [2.05, 4.69) is 10.5 Å². The van der Waals surface area contributed by atoms with Crippen LogP contribution >= 0.6 is 0 Å². The molecule has 0 aliphatic carbocycles. The van der Waals surface area contributed by atoms with Crippen LogP contribution in [-0.4, -0.2) is 60.6 Å². The molecule has 0 bridgehead atoms. The summed E-state index contributed by atoms with van der Waals surface area (Å²) in [6, 6.07) is 7.40. The molecule has 1 unspecified atom stereocenters. The fourth-order valence-electron chi connectivity index (χ4n) is 3.13. The van der Waals surface area contributed by atoms with Crippen molar-refractivity contribution in [3.05, 3.63) is 29.8 Å². The molecule has 140 valence electrons. The Labute approximate surface area is 151 Å². The standard InChI is InChI=1S/C18H23N3O5/c1-25-14-4-2-12(3-5-14)16-10-15(26-20-16)11-19-18(24)21-8-6-13(7-9-21)17(22)23/h2-5,13,15H,6-11H2,1H3,(H,19,24)(H,22,23). The van der Waals surface area contributed by atoms with Gasteiger partial charge in [-0.05, 0) is 42.7 Å². The van der Waals surface area contributed by atoms with Crippen molar-refractivity contribution in [2.75, 3.05) is 26.7 Å². The Kier molecular flexibility index (Phi) is 5.60. The zero-order valence-corrected chi connectivity index (χ0v) is 14.7. The van der Waals surface area contributed by atoms with Gasteiger partial charge in [0, 0.05) is 19.5 Å². The molecule has 2 aliphatic heterocycles. The number of methoxy groups -OCH3 is 1. The second kappa shape index (κ2) is 8.07. The van der Waals surface area contributed by atoms with Gasteiger partial charge in [-0.1, -0.05) is 5.16 Å². The van der Waals surface area contributed by atoms with Crippen LogP contribution in [0.1, 0.15) is 24.8 Å². The van der Waals surface area contributed by atoms with Gasteiger partial charge in [-0.15, -0.1) is 0 Å². The first kappa shape index (κ1) is 18.0. The lowest BCUT2D eigenvalue weighted by molar-refractivity contribution is -0.143. The largest absolute Gasteiger partial charge is 0.497 e. The minimum absolute atomic E-state index is 0.185. The van der Waals surface area contributed by atoms with E-state index < -0.39 is 5.97 Å². The van der Waals surface area contributed by atoms with Gasteiger partial charge in [0.25, 0.3) is 0 Å². The first-order valence-electron chi connectivity index (χ1n) is 8.69. The monoisotopic (exact) mass is 361 g/mol. The van der Waals surface area contributed by atoms with Crippen molar-refractivity contribution in [1.29, 1.82) is 0 Å². The van der Waals surface area contributed by atoms with Gasteiger partial charge < -0.3 is 24.9 Å². The van der Waals surface area contributed by atoms with Crippen LogP contribution in [0.3, 0.4) is 0 Å². The van der Waals surface area contributed by atoms with Crippen LogP contribution in [0.25, 0.3) is 0 Å². The number of urea groups is 1. The summed E-state index contributed by atoms with van der Waals surface area (Å²) < 4.78 is 5.14. The smallest absolute Gasteiger partial charge is 0.317 e. The van der Waals surface area contributed by atoms with E-state index >= 15 is 0 Å². The van der Waals surface area contributed by atoms with Crippen molar-refractivity contribution in [2.45, 2.75) is 25.4 Å². The Balaban J connectivity index is 1.42. The molecule has 3 rings (SSSR count). The van der Waals surface area contributed by atoms with Gasteiger partial charge in [-0.3, -0.25) is 4.79 Å². The number of rotatable bonds is 5. The van der Waals surface area contributed by atoms with Gasteiger partial charge in [0.15, 0.2) is 6.10 Å². The molecule has 0 aromatic heterocycles. The Morgan fingerprint density at radius 3 is 2.62 bits per heavy atom. The highest BCUT2D eigenvalue weighted by molar-refractivity contribution is 6.01. The highest BCUT2D eigenvalue weighted by atomic mass is 16.6. The maximum Gasteiger partial charge on any atom is 0.317 e. The lowest BCUT2D eigenvalue weighted by Gasteiger charge is -2.30. The number of hydrogen-bond acceptors (Lipinski definition) is 5. The van der Waals surface area contributed by atoms with Crippen molar-refractivity contribution in [2.24, 2.45) is 11.1 Å². The third-order valence-corrected chi connectivity index (χ3v) is 4.77. The number of nitrogens with one attached hydrogen (secondary N) is 1. The second-order valence-corrected chi connectivity index (χ2v) is 6.48. The maximum atomic E-state index is 12.2. The van der Waals surface area contributed by atoms with Gasteiger partial charge in [-0.2, -0.15) is 0 Å². The number of oxime groups is 1. The van der Waals surface area contributed by atoms with Gasteiger partial charge >= 0.3 is 12.0 Å². The van der Waals surface area contributed by atoms with E-state index in [9.17, 15) is 9.59 Å². The lowest BCUT2D eigenvalue weighted by atomic mass is 9.97. The molecular weight excluding hydrogens is 338 g/mol. The molecule has 1 saturated heterocycles. The minimum Gasteiger partial charge on any atom is -0.497 e. The molecule has 1 aromatic carbocycles. The molecule has 8 heteroatoms. The summed E-state index contributed by atoms with van der Waals surface area (Å²) >= 11 is 0. The van der Waals surface area contributed by atoms with Crippen molar-refractivity contribution in [1.82, 2.24) is 10.2 Å². The summed E-state index contributed by atoms with van der Waals surface area (Å²) in [6.07, 6.45) is 1.40. The summed E-state index contributed by atoms with van der Waals surface area (Å²) in [5, 5.41) is 16.0. The van der Waals surface area contributed by atoms with E-state index in [1.165, 1.54) is 0 Å². The molecule has 2 N–H and O–H groups in total. The number of hydrogen-bond donors (Lipinski definition) is 2. The van der Waals surface area contributed by atoms with Crippen LogP contribution in [0.2, 0.25) is 0 Å². The van der Waals surface area contributed by atoms with E-state index in [0.717, 1.165) is 17.0 Å². The number of carboxylic acid groups (broad SMARTS) is 1. The summed E-state index contributed by atoms with van der Waals surface area (Å²) in [6.45, 7) is 1.28. The van der Waals surface area contributed by atoms with Crippen LogP contribution in [0.15, 0.2) is 29.4 Å². The van der Waals surface area contributed by atoms with E-state index in [0.29, 0.717) is 38.9 Å². The Hall–Kier alpha value is -2.77. The fraction of sp³-hybridized carbons (Fsp3) is 0.500. The molecular formula is C18H23N3O5. The number of nitrogens with zero attached hydrogens (tertiary/aromatic N) is 2. The fourth-order valence-corrected chi connectivity index (χ4v) is 3.13. The molecule has 0 spiro atoms. The number of carbonyl (C=O) groups excluding carboxylic acids is 1. The summed E-state index contributed by atoms with van der Waals surface area (Å²) in [7, 11) is 1.62. The summed E-state index contributed by atoms with van der Waals surface area (Å²) in [4.78, 5) is 30.2. The maximum absolute atomic E-state index is 12.2. The number of aliphatic carboxylic acids is 1. The van der Waals surface area contributed by atoms with Gasteiger partial charge in [0.05, 0.1) is 25.3 Å². The highest BCUT2D eigenvalue weighted by Crippen LogP contribution is 2.20. The minimum atomic E-state index is -0.785. The first-order valence-corrected chi connectivity index (χ1v) is 8.69. The van der Waals surface area contributed by atoms with E-state index in [1.807, 2.05) is 24.3 Å². The number of likely N-dealkylation sites (tertiary alicyclic amines) is 1. The molecule has 1 fully saturated rings. The predicted molar refractivity (Wildman–Crippen MR) is 94.4 cm³/mol. The van der Waals surface area contributed by atoms with Crippen molar-refractivity contribution in [3.63, 3.8) is 0 Å². The summed E-state index contributed by atoms with van der Waals surface area (Å²) in [5.41, 5.74) is 1.81. The third-order valence-electron chi connectivity index (χ3n) is 4.77. The zero-order valence-electron chi connectivity index (χ0n) is 14.7. The molecule has 2 heterocycles. The van der Waals surface area contributed by atoms with E-state index in [1.54, 1.807) is 12.0 Å². The van der Waals surface area contributed by atoms with Gasteiger partial charge in [0.1, 0.15) is 5.75 Å². The van der Waals surface area contributed by atoms with Gasteiger partial charge in [-0.25, -0.2) is 4.79 Å². The third kappa shape index (κ3) is 4.25. The normalized spacial score (nSPS) is 20.3. The zero-order chi connectivity index (χ0) is 18.5. The molecule has 2 aliphatic rings. The Bertz CT molecular complexity index is 681. The van der Waals surface area contributed by atoms with Crippen molar-refractivity contribution < 1.29 is 24.3 Å². The number of carboxylic acids is 1. The molecule has 8 nitrogen and oxygen atoms in total. The molecule has 0 radical (unpaired) electrons. The van der Waals surface area contributed by atoms with Crippen molar-refractivity contribution >= 4 is 17.7 Å². The number of amides is 2. The summed E-state index contributed by atoms with van der Waals surface area (Å²) in [5.74, 6) is -0.353. The Morgan fingerprint density at radius 1 is 1.31 bits per heavy atom. The van der Waals surface area contributed by atoms with Crippen molar-refractivity contribution in [3.8, 4) is 5.75 Å². The van der Waals surface area contributed by atoms with E-state index in [4.69, 9.17) is 14.7 Å². The van der Waals surface area contributed by atoms with Crippen LogP contribution < -0.4 is 10.1 Å². The number of piperidine rings is 1. The highest BCUT2D eigenvalue weighted by Gasteiger charge is 2.28. The lowest BCUT2D eigenvalue weighted by Crippen LogP contribution is -2.47. The van der Waals surface area contributed by atoms with Crippen LogP contribution in [0.4, 0.5) is 4.79 Å². The Morgan fingerprint density at radius 2 is 2.00 bits per heavy atom. The van der Waals surface area contributed by atoms with Crippen LogP contribution in [0, 0.1) is 5.92 Å². The number of benzene rings is 1. The average molecular weight is 361 g/mol. The number of carbonyl (C=O) groups is 2. The van der Waals surface area contributed by atoms with Gasteiger partial charge in [0.2, 0.25) is 0 Å². The quantitative estimate of drug-likeness (QED) is 0.831. The topological polar surface area (TPSA) is 100 Å². The molecule has 26 heavy (non-hydrogen) atoms. The van der Waals surface area contributed by atoms with Crippen LogP contribution in [-0.2, 0) is 9.63 Å². The molecule has 2 amide bonds. The second-order valence-electron chi connectivity index (χ2n) is 6.48. The SMILES string of the molecule is COc1ccc(C2=NOC(CNC(=O)N3CCC(C(=O)O)CC3)C2)cc1. The average Bonchev–Trinajstić information content (AvgIpc) is 3.15. The number of ether oxygens (including phenoxy) is 1. The molecule has 1 atom stereocenters.